The molecular formula is C15H21NO5. The maximum absolute atomic E-state index is 11.7. The molecule has 0 spiro atoms. The van der Waals surface area contributed by atoms with E-state index in [9.17, 15) is 9.90 Å². The number of hydrogen-bond donors (Lipinski definition) is 2. The summed E-state index contributed by atoms with van der Waals surface area (Å²) in [7, 11) is 0. The monoisotopic (exact) mass is 295 g/mol. The number of ether oxygens (including phenoxy) is 3. The third-order valence-electron chi connectivity index (χ3n) is 2.96. The number of aliphatic hydroxyl groups is 1. The zero-order valence-corrected chi connectivity index (χ0v) is 12.7. The van der Waals surface area contributed by atoms with Crippen LogP contribution in [0, 0.1) is 0 Å². The topological polar surface area (TPSA) is 77.0 Å². The first-order valence-electron chi connectivity index (χ1n) is 6.83. The van der Waals surface area contributed by atoms with Gasteiger partial charge in [0.05, 0.1) is 12.1 Å². The lowest BCUT2D eigenvalue weighted by Gasteiger charge is -2.24. The molecule has 1 aromatic rings. The van der Waals surface area contributed by atoms with Gasteiger partial charge in [-0.2, -0.15) is 0 Å². The standard InChI is InChI=1S/C15H21NO5/c1-9(16-14(18)21-15(2,3)4)13(17)10-5-6-11-12(7-10)20-8-19-11/h5-7,9,13,17H,8H2,1-4H3,(H,16,18). The van der Waals surface area contributed by atoms with Crippen molar-refractivity contribution in [3.05, 3.63) is 23.8 Å². The number of benzene rings is 1. The molecule has 0 fully saturated rings. The Morgan fingerprint density at radius 3 is 2.67 bits per heavy atom. The average Bonchev–Trinajstić information content (AvgIpc) is 2.82. The molecule has 2 rings (SSSR count). The first kappa shape index (κ1) is 15.4. The van der Waals surface area contributed by atoms with E-state index in [1.807, 2.05) is 0 Å². The lowest BCUT2D eigenvalue weighted by Crippen LogP contribution is -2.40. The molecule has 1 aliphatic heterocycles. The molecule has 0 aliphatic carbocycles. The molecule has 0 saturated heterocycles. The zero-order chi connectivity index (χ0) is 15.6. The third kappa shape index (κ3) is 4.01. The molecule has 2 N–H and O–H groups in total. The van der Waals surface area contributed by atoms with E-state index in [4.69, 9.17) is 14.2 Å². The van der Waals surface area contributed by atoms with Gasteiger partial charge < -0.3 is 24.6 Å². The summed E-state index contributed by atoms with van der Waals surface area (Å²) in [6, 6.07) is 4.69. The minimum absolute atomic E-state index is 0.181. The van der Waals surface area contributed by atoms with Crippen LogP contribution in [0.1, 0.15) is 39.4 Å². The van der Waals surface area contributed by atoms with E-state index >= 15 is 0 Å². The Labute approximate surface area is 124 Å². The number of aliphatic hydroxyl groups excluding tert-OH is 1. The number of fused-ring (bicyclic) bond motifs is 1. The summed E-state index contributed by atoms with van der Waals surface area (Å²) < 4.78 is 15.7. The van der Waals surface area contributed by atoms with E-state index in [1.54, 1.807) is 45.9 Å². The maximum atomic E-state index is 11.7. The molecule has 1 heterocycles. The van der Waals surface area contributed by atoms with Gasteiger partial charge >= 0.3 is 6.09 Å². The molecule has 2 unspecified atom stereocenters. The van der Waals surface area contributed by atoms with Crippen molar-refractivity contribution in [3.63, 3.8) is 0 Å². The Kier molecular flexibility index (Phi) is 4.27. The molecule has 0 aromatic heterocycles. The molecule has 1 amide bonds. The van der Waals surface area contributed by atoms with Crippen LogP contribution in [0.25, 0.3) is 0 Å². The van der Waals surface area contributed by atoms with Crippen LogP contribution < -0.4 is 14.8 Å². The quantitative estimate of drug-likeness (QED) is 0.895. The maximum Gasteiger partial charge on any atom is 0.407 e. The van der Waals surface area contributed by atoms with Crippen LogP contribution in [-0.4, -0.2) is 29.6 Å². The first-order chi connectivity index (χ1) is 9.76. The zero-order valence-electron chi connectivity index (χ0n) is 12.7. The number of amides is 1. The first-order valence-corrected chi connectivity index (χ1v) is 6.83. The summed E-state index contributed by atoms with van der Waals surface area (Å²) >= 11 is 0. The molecule has 0 bridgehead atoms. The largest absolute Gasteiger partial charge is 0.454 e. The van der Waals surface area contributed by atoms with Crippen molar-refractivity contribution >= 4 is 6.09 Å². The smallest absolute Gasteiger partial charge is 0.407 e. The molecule has 116 valence electrons. The minimum atomic E-state index is -0.869. The Morgan fingerprint density at radius 1 is 1.33 bits per heavy atom. The van der Waals surface area contributed by atoms with Crippen LogP contribution in [0.3, 0.4) is 0 Å². The highest BCUT2D eigenvalue weighted by Crippen LogP contribution is 2.34. The predicted molar refractivity (Wildman–Crippen MR) is 76.4 cm³/mol. The molecule has 0 saturated carbocycles. The number of carbonyl (C=O) groups excluding carboxylic acids is 1. The van der Waals surface area contributed by atoms with Crippen LogP contribution in [0.5, 0.6) is 11.5 Å². The van der Waals surface area contributed by atoms with Gasteiger partial charge in [-0.05, 0) is 45.4 Å². The van der Waals surface area contributed by atoms with Gasteiger partial charge in [0, 0.05) is 0 Å². The van der Waals surface area contributed by atoms with Crippen molar-refractivity contribution < 1.29 is 24.1 Å². The second-order valence-electron chi connectivity index (χ2n) is 5.99. The lowest BCUT2D eigenvalue weighted by molar-refractivity contribution is 0.0435. The molecule has 21 heavy (non-hydrogen) atoms. The molecule has 1 aliphatic rings. The molecule has 2 atom stereocenters. The summed E-state index contributed by atoms with van der Waals surface area (Å²) in [5.74, 6) is 1.25. The van der Waals surface area contributed by atoms with Crippen molar-refractivity contribution in [2.75, 3.05) is 6.79 Å². The summed E-state index contributed by atoms with van der Waals surface area (Å²) in [4.78, 5) is 11.7. The summed E-state index contributed by atoms with van der Waals surface area (Å²) in [6.07, 6.45) is -1.43. The van der Waals surface area contributed by atoms with E-state index < -0.39 is 23.8 Å². The van der Waals surface area contributed by atoms with Crippen molar-refractivity contribution in [1.82, 2.24) is 5.32 Å². The van der Waals surface area contributed by atoms with Gasteiger partial charge in [-0.15, -0.1) is 0 Å². The van der Waals surface area contributed by atoms with Gasteiger partial charge in [0.25, 0.3) is 0 Å². The molecular weight excluding hydrogens is 274 g/mol. The van der Waals surface area contributed by atoms with Gasteiger partial charge in [-0.3, -0.25) is 0 Å². The Balaban J connectivity index is 1.99. The number of hydrogen-bond acceptors (Lipinski definition) is 5. The lowest BCUT2D eigenvalue weighted by atomic mass is 10.0. The van der Waals surface area contributed by atoms with Crippen LogP contribution in [0.2, 0.25) is 0 Å². The van der Waals surface area contributed by atoms with Crippen LogP contribution in [0.4, 0.5) is 4.79 Å². The second kappa shape index (κ2) is 5.81. The number of rotatable bonds is 3. The van der Waals surface area contributed by atoms with E-state index in [0.29, 0.717) is 17.1 Å². The fourth-order valence-electron chi connectivity index (χ4n) is 1.96. The average molecular weight is 295 g/mol. The number of carbonyl (C=O) groups is 1. The van der Waals surface area contributed by atoms with Crippen molar-refractivity contribution in [3.8, 4) is 11.5 Å². The molecule has 1 aromatic carbocycles. The van der Waals surface area contributed by atoms with E-state index in [2.05, 4.69) is 5.32 Å². The van der Waals surface area contributed by atoms with Crippen LogP contribution >= 0.6 is 0 Å². The SMILES string of the molecule is CC(NC(=O)OC(C)(C)C)C(O)c1ccc2c(c1)OCO2. The van der Waals surface area contributed by atoms with Crippen LogP contribution in [-0.2, 0) is 4.74 Å². The molecule has 0 radical (unpaired) electrons. The van der Waals surface area contributed by atoms with E-state index in [1.165, 1.54) is 0 Å². The fourth-order valence-corrected chi connectivity index (χ4v) is 1.96. The van der Waals surface area contributed by atoms with Gasteiger partial charge in [0.15, 0.2) is 11.5 Å². The van der Waals surface area contributed by atoms with Crippen molar-refractivity contribution in [2.45, 2.75) is 45.4 Å². The van der Waals surface area contributed by atoms with Gasteiger partial charge in [0.1, 0.15) is 5.60 Å². The molecule has 6 heteroatoms. The highest BCUT2D eigenvalue weighted by molar-refractivity contribution is 5.68. The van der Waals surface area contributed by atoms with Gasteiger partial charge in [-0.25, -0.2) is 4.79 Å². The van der Waals surface area contributed by atoms with Crippen molar-refractivity contribution in [2.24, 2.45) is 0 Å². The minimum Gasteiger partial charge on any atom is -0.454 e. The van der Waals surface area contributed by atoms with Gasteiger partial charge in [0.2, 0.25) is 6.79 Å². The highest BCUT2D eigenvalue weighted by Gasteiger charge is 2.24. The normalized spacial score (nSPS) is 16.2. The summed E-state index contributed by atoms with van der Waals surface area (Å²) in [6.45, 7) is 7.24. The van der Waals surface area contributed by atoms with Crippen molar-refractivity contribution in [1.29, 1.82) is 0 Å². The Morgan fingerprint density at radius 2 is 2.00 bits per heavy atom. The summed E-state index contributed by atoms with van der Waals surface area (Å²) in [5, 5.41) is 12.9. The van der Waals surface area contributed by atoms with E-state index in [0.717, 1.165) is 0 Å². The Hall–Kier alpha value is -1.95. The van der Waals surface area contributed by atoms with Crippen LogP contribution in [0.15, 0.2) is 18.2 Å². The Bertz CT molecular complexity index is 523. The number of alkyl carbamates (subject to hydrolysis) is 1. The fraction of sp³-hybridized carbons (Fsp3) is 0.533. The predicted octanol–water partition coefficient (Wildman–Crippen LogP) is 2.36. The second-order valence-corrected chi connectivity index (χ2v) is 5.99. The third-order valence-corrected chi connectivity index (χ3v) is 2.96. The molecule has 6 nitrogen and oxygen atoms in total. The highest BCUT2D eigenvalue weighted by atomic mass is 16.7. The van der Waals surface area contributed by atoms with Gasteiger partial charge in [-0.1, -0.05) is 6.07 Å². The summed E-state index contributed by atoms with van der Waals surface area (Å²) in [5.41, 5.74) is 0.0656. The van der Waals surface area contributed by atoms with E-state index in [-0.39, 0.29) is 6.79 Å². The number of nitrogens with one attached hydrogen (secondary N) is 1.